The standard InChI is InChI=1S/C8H12N2O2S/c1-5(11)8(12)9-3-7-4-13-6(2)10-7/h4-5,11H,3H2,1-2H3,(H,9,12)/t5-/m1/s1. The summed E-state index contributed by atoms with van der Waals surface area (Å²) in [6.45, 7) is 3.72. The molecule has 0 aliphatic rings. The van der Waals surface area contributed by atoms with Crippen molar-refractivity contribution in [3.8, 4) is 0 Å². The monoisotopic (exact) mass is 200 g/mol. The second kappa shape index (κ2) is 4.34. The number of nitrogens with zero attached hydrogens (tertiary/aromatic N) is 1. The van der Waals surface area contributed by atoms with E-state index >= 15 is 0 Å². The van der Waals surface area contributed by atoms with Gasteiger partial charge in [-0.1, -0.05) is 0 Å². The maximum absolute atomic E-state index is 10.9. The Balaban J connectivity index is 2.39. The molecule has 1 rings (SSSR count). The second-order valence-electron chi connectivity index (χ2n) is 2.75. The lowest BCUT2D eigenvalue weighted by atomic mass is 10.3. The Hall–Kier alpha value is -0.940. The van der Waals surface area contributed by atoms with Gasteiger partial charge in [-0.05, 0) is 13.8 Å². The summed E-state index contributed by atoms with van der Waals surface area (Å²) in [6, 6.07) is 0. The van der Waals surface area contributed by atoms with Gasteiger partial charge in [-0.2, -0.15) is 0 Å². The van der Waals surface area contributed by atoms with Crippen molar-refractivity contribution in [1.29, 1.82) is 0 Å². The molecule has 72 valence electrons. The van der Waals surface area contributed by atoms with Crippen LogP contribution >= 0.6 is 11.3 Å². The highest BCUT2D eigenvalue weighted by Crippen LogP contribution is 2.07. The molecule has 4 nitrogen and oxygen atoms in total. The highest BCUT2D eigenvalue weighted by molar-refractivity contribution is 7.09. The molecule has 13 heavy (non-hydrogen) atoms. The average molecular weight is 200 g/mol. The van der Waals surface area contributed by atoms with Crippen molar-refractivity contribution >= 4 is 17.2 Å². The molecular weight excluding hydrogens is 188 g/mol. The Labute approximate surface area is 80.6 Å². The molecule has 0 radical (unpaired) electrons. The van der Waals surface area contributed by atoms with Crippen LogP contribution in [-0.4, -0.2) is 22.1 Å². The molecule has 1 amide bonds. The molecule has 0 bridgehead atoms. The van der Waals surface area contributed by atoms with Crippen molar-refractivity contribution in [2.75, 3.05) is 0 Å². The van der Waals surface area contributed by atoms with Gasteiger partial charge in [0.25, 0.3) is 0 Å². The molecule has 2 N–H and O–H groups in total. The lowest BCUT2D eigenvalue weighted by Gasteiger charge is -2.04. The van der Waals surface area contributed by atoms with Gasteiger partial charge < -0.3 is 10.4 Å². The molecule has 0 spiro atoms. The highest BCUT2D eigenvalue weighted by atomic mass is 32.1. The number of nitrogens with one attached hydrogen (secondary N) is 1. The van der Waals surface area contributed by atoms with Crippen LogP contribution in [-0.2, 0) is 11.3 Å². The molecule has 0 aliphatic heterocycles. The molecule has 1 aromatic heterocycles. The minimum Gasteiger partial charge on any atom is -0.384 e. The number of aliphatic hydroxyl groups excluding tert-OH is 1. The van der Waals surface area contributed by atoms with Crippen LogP contribution in [0.5, 0.6) is 0 Å². The minimum absolute atomic E-state index is 0.370. The number of aliphatic hydroxyl groups is 1. The second-order valence-corrected chi connectivity index (χ2v) is 3.81. The van der Waals surface area contributed by atoms with Crippen LogP contribution in [0.25, 0.3) is 0 Å². The number of aryl methyl sites for hydroxylation is 1. The lowest BCUT2D eigenvalue weighted by Crippen LogP contribution is -2.32. The van der Waals surface area contributed by atoms with E-state index in [4.69, 9.17) is 5.11 Å². The van der Waals surface area contributed by atoms with Gasteiger partial charge in [0.2, 0.25) is 5.91 Å². The summed E-state index contributed by atoms with van der Waals surface area (Å²) in [5.74, 6) is -0.370. The van der Waals surface area contributed by atoms with E-state index in [1.165, 1.54) is 18.3 Å². The number of rotatable bonds is 3. The van der Waals surface area contributed by atoms with Gasteiger partial charge in [-0.25, -0.2) is 4.98 Å². The molecule has 0 unspecified atom stereocenters. The van der Waals surface area contributed by atoms with Crippen LogP contribution in [0.3, 0.4) is 0 Å². The number of carbonyl (C=O) groups excluding carboxylic acids is 1. The SMILES string of the molecule is Cc1nc(CNC(=O)[C@@H](C)O)cs1. The number of hydrogen-bond acceptors (Lipinski definition) is 4. The molecular formula is C8H12N2O2S. The highest BCUT2D eigenvalue weighted by Gasteiger charge is 2.08. The van der Waals surface area contributed by atoms with Crippen molar-refractivity contribution in [2.45, 2.75) is 26.5 Å². The lowest BCUT2D eigenvalue weighted by molar-refractivity contribution is -0.128. The normalized spacial score (nSPS) is 12.5. The van der Waals surface area contributed by atoms with Gasteiger partial charge in [0.1, 0.15) is 6.10 Å². The first kappa shape index (κ1) is 10.1. The van der Waals surface area contributed by atoms with E-state index in [1.807, 2.05) is 12.3 Å². The van der Waals surface area contributed by atoms with Crippen LogP contribution in [0.1, 0.15) is 17.6 Å². The fourth-order valence-corrected chi connectivity index (χ4v) is 1.43. The van der Waals surface area contributed by atoms with Crippen LogP contribution in [0.15, 0.2) is 5.38 Å². The number of thiazole rings is 1. The largest absolute Gasteiger partial charge is 0.384 e. The zero-order valence-corrected chi connectivity index (χ0v) is 8.39. The molecule has 0 saturated heterocycles. The summed E-state index contributed by atoms with van der Waals surface area (Å²) >= 11 is 1.54. The Morgan fingerprint density at radius 1 is 1.85 bits per heavy atom. The summed E-state index contributed by atoms with van der Waals surface area (Å²) in [5.41, 5.74) is 0.830. The molecule has 0 aliphatic carbocycles. The Morgan fingerprint density at radius 3 is 3.00 bits per heavy atom. The molecule has 1 aromatic rings. The third-order valence-electron chi connectivity index (χ3n) is 1.49. The van der Waals surface area contributed by atoms with Crippen molar-refractivity contribution in [2.24, 2.45) is 0 Å². The van der Waals surface area contributed by atoms with Crippen molar-refractivity contribution in [3.63, 3.8) is 0 Å². The molecule has 0 aromatic carbocycles. The number of hydrogen-bond donors (Lipinski definition) is 2. The molecule has 5 heteroatoms. The van der Waals surface area contributed by atoms with Crippen molar-refractivity contribution in [3.05, 3.63) is 16.1 Å². The van der Waals surface area contributed by atoms with Crippen LogP contribution in [0.2, 0.25) is 0 Å². The number of aromatic nitrogens is 1. The Morgan fingerprint density at radius 2 is 2.54 bits per heavy atom. The minimum atomic E-state index is -0.959. The average Bonchev–Trinajstić information content (AvgIpc) is 2.47. The van der Waals surface area contributed by atoms with Gasteiger partial charge in [0.05, 0.1) is 17.2 Å². The summed E-state index contributed by atoms with van der Waals surface area (Å²) in [5, 5.41) is 14.3. The number of amides is 1. The third-order valence-corrected chi connectivity index (χ3v) is 2.31. The zero-order valence-electron chi connectivity index (χ0n) is 7.57. The number of carbonyl (C=O) groups is 1. The Bertz CT molecular complexity index is 296. The van der Waals surface area contributed by atoms with Gasteiger partial charge in [0.15, 0.2) is 0 Å². The maximum atomic E-state index is 10.9. The van der Waals surface area contributed by atoms with E-state index in [-0.39, 0.29) is 5.91 Å². The first-order valence-electron chi connectivity index (χ1n) is 3.96. The van der Waals surface area contributed by atoms with E-state index in [0.29, 0.717) is 6.54 Å². The van der Waals surface area contributed by atoms with Gasteiger partial charge in [0, 0.05) is 5.38 Å². The van der Waals surface area contributed by atoms with Crippen LogP contribution in [0.4, 0.5) is 0 Å². The third kappa shape index (κ3) is 3.12. The Kier molecular flexibility index (Phi) is 3.39. The van der Waals surface area contributed by atoms with Crippen molar-refractivity contribution < 1.29 is 9.90 Å². The maximum Gasteiger partial charge on any atom is 0.248 e. The van der Waals surface area contributed by atoms with Gasteiger partial charge in [-0.15, -0.1) is 11.3 Å². The first-order valence-corrected chi connectivity index (χ1v) is 4.84. The molecule has 0 saturated carbocycles. The smallest absolute Gasteiger partial charge is 0.248 e. The van der Waals surface area contributed by atoms with E-state index < -0.39 is 6.10 Å². The summed E-state index contributed by atoms with van der Waals surface area (Å²) in [7, 11) is 0. The molecule has 0 fully saturated rings. The van der Waals surface area contributed by atoms with E-state index in [2.05, 4.69) is 10.3 Å². The summed E-state index contributed by atoms with van der Waals surface area (Å²) in [6.07, 6.45) is -0.959. The molecule has 1 atom stereocenters. The van der Waals surface area contributed by atoms with Crippen LogP contribution < -0.4 is 5.32 Å². The van der Waals surface area contributed by atoms with Crippen molar-refractivity contribution in [1.82, 2.24) is 10.3 Å². The van der Waals surface area contributed by atoms with Gasteiger partial charge in [-0.3, -0.25) is 4.79 Å². The quantitative estimate of drug-likeness (QED) is 0.744. The topological polar surface area (TPSA) is 62.2 Å². The fraction of sp³-hybridized carbons (Fsp3) is 0.500. The van der Waals surface area contributed by atoms with E-state index in [9.17, 15) is 4.79 Å². The van der Waals surface area contributed by atoms with E-state index in [0.717, 1.165) is 10.7 Å². The first-order chi connectivity index (χ1) is 6.09. The van der Waals surface area contributed by atoms with Gasteiger partial charge >= 0.3 is 0 Å². The fourth-order valence-electron chi connectivity index (χ4n) is 0.815. The predicted octanol–water partition coefficient (Wildman–Crippen LogP) is 0.449. The molecule has 1 heterocycles. The van der Waals surface area contributed by atoms with E-state index in [1.54, 1.807) is 0 Å². The summed E-state index contributed by atoms with van der Waals surface area (Å²) < 4.78 is 0. The summed E-state index contributed by atoms with van der Waals surface area (Å²) in [4.78, 5) is 15.1. The van der Waals surface area contributed by atoms with Crippen LogP contribution in [0, 0.1) is 6.92 Å². The predicted molar refractivity (Wildman–Crippen MR) is 50.4 cm³/mol. The zero-order chi connectivity index (χ0) is 9.84.